The molecule has 3 N–H and O–H groups in total. The van der Waals surface area contributed by atoms with Gasteiger partial charge in [-0.2, -0.15) is 17.0 Å². The monoisotopic (exact) mass is 294 g/mol. The Bertz CT molecular complexity index is 422. The van der Waals surface area contributed by atoms with E-state index in [0.29, 0.717) is 18.7 Å². The number of benzene rings is 1. The summed E-state index contributed by atoms with van der Waals surface area (Å²) < 4.78 is 0. The van der Waals surface area contributed by atoms with E-state index in [2.05, 4.69) is 11.4 Å². The van der Waals surface area contributed by atoms with Crippen molar-refractivity contribution in [1.29, 1.82) is 5.26 Å². The summed E-state index contributed by atoms with van der Waals surface area (Å²) in [5, 5.41) is 31.0. The molecule has 0 aromatic heterocycles. The van der Waals surface area contributed by atoms with Crippen molar-refractivity contribution in [3.63, 3.8) is 0 Å². The van der Waals surface area contributed by atoms with E-state index < -0.39 is 11.6 Å². The van der Waals surface area contributed by atoms with E-state index in [1.807, 2.05) is 37.3 Å². The molecule has 0 saturated carbocycles. The molecule has 0 saturated heterocycles. The topological polar surface area (TPSA) is 76.3 Å². The van der Waals surface area contributed by atoms with Crippen LogP contribution in [0.1, 0.15) is 18.9 Å². The Kier molecular flexibility index (Phi) is 7.63. The van der Waals surface area contributed by atoms with E-state index >= 15 is 0 Å². The van der Waals surface area contributed by atoms with Gasteiger partial charge in [0.25, 0.3) is 0 Å². The zero-order valence-corrected chi connectivity index (χ0v) is 12.6. The number of rotatable bonds is 9. The van der Waals surface area contributed by atoms with Crippen molar-refractivity contribution in [3.8, 4) is 6.07 Å². The summed E-state index contributed by atoms with van der Waals surface area (Å²) in [5.41, 5.74) is 0.278. The highest BCUT2D eigenvalue weighted by molar-refractivity contribution is 7.99. The molecule has 0 fully saturated rings. The van der Waals surface area contributed by atoms with E-state index in [4.69, 9.17) is 5.11 Å². The van der Waals surface area contributed by atoms with Gasteiger partial charge < -0.3 is 10.2 Å². The van der Waals surface area contributed by atoms with Gasteiger partial charge in [-0.15, -0.1) is 0 Å². The highest BCUT2D eigenvalue weighted by atomic mass is 32.2. The number of nitrogens with zero attached hydrogens (tertiary/aromatic N) is 1. The van der Waals surface area contributed by atoms with Crippen molar-refractivity contribution in [2.75, 3.05) is 24.7 Å². The molecule has 0 radical (unpaired) electrons. The summed E-state index contributed by atoms with van der Waals surface area (Å²) in [7, 11) is 0. The van der Waals surface area contributed by atoms with Crippen LogP contribution in [0.2, 0.25) is 0 Å². The Labute approximate surface area is 124 Å². The minimum atomic E-state index is -0.688. The Balaban J connectivity index is 2.68. The second kappa shape index (κ2) is 8.98. The van der Waals surface area contributed by atoms with Crippen molar-refractivity contribution in [1.82, 2.24) is 5.32 Å². The Morgan fingerprint density at radius 3 is 2.65 bits per heavy atom. The van der Waals surface area contributed by atoms with Crippen LogP contribution in [0.25, 0.3) is 0 Å². The maximum absolute atomic E-state index is 9.60. The summed E-state index contributed by atoms with van der Waals surface area (Å²) in [5.74, 6) is 1.23. The fraction of sp³-hybridized carbons (Fsp3) is 0.533. The lowest BCUT2D eigenvalue weighted by Gasteiger charge is -2.28. The molecule has 0 heterocycles. The molecule has 0 aliphatic carbocycles. The highest BCUT2D eigenvalue weighted by Gasteiger charge is 2.30. The predicted octanol–water partition coefficient (Wildman–Crippen LogP) is 1.49. The molecule has 0 spiro atoms. The minimum absolute atomic E-state index is 0.220. The van der Waals surface area contributed by atoms with Crippen LogP contribution in [0.4, 0.5) is 0 Å². The lowest BCUT2D eigenvalue weighted by molar-refractivity contribution is 0.113. The third-order valence-electron chi connectivity index (χ3n) is 3.08. The normalized spacial score (nSPS) is 15.3. The van der Waals surface area contributed by atoms with Crippen molar-refractivity contribution in [2.24, 2.45) is 0 Å². The van der Waals surface area contributed by atoms with Gasteiger partial charge in [-0.3, -0.25) is 5.32 Å². The summed E-state index contributed by atoms with van der Waals surface area (Å²) in [6.07, 6.45) is -0.0307. The molecule has 0 bridgehead atoms. The maximum atomic E-state index is 9.60. The highest BCUT2D eigenvalue weighted by Crippen LogP contribution is 2.26. The fourth-order valence-corrected chi connectivity index (χ4v) is 3.01. The van der Waals surface area contributed by atoms with Crippen molar-refractivity contribution < 1.29 is 10.2 Å². The molecular weight excluding hydrogens is 272 g/mol. The van der Waals surface area contributed by atoms with Crippen LogP contribution in [0.3, 0.4) is 0 Å². The number of aliphatic hydroxyl groups excluding tert-OH is 2. The van der Waals surface area contributed by atoms with Crippen LogP contribution in [-0.2, 0) is 5.54 Å². The average molecular weight is 294 g/mol. The van der Waals surface area contributed by atoms with Gasteiger partial charge in [0.05, 0.1) is 18.8 Å². The average Bonchev–Trinajstić information content (AvgIpc) is 2.51. The SMILES string of the molecule is CCNC(C#N)(CCSCC(O)CO)c1ccccc1. The van der Waals surface area contributed by atoms with Gasteiger partial charge in [0.15, 0.2) is 0 Å². The van der Waals surface area contributed by atoms with Gasteiger partial charge >= 0.3 is 0 Å². The van der Waals surface area contributed by atoms with Crippen LogP contribution in [-0.4, -0.2) is 41.0 Å². The Morgan fingerprint density at radius 1 is 1.40 bits per heavy atom. The van der Waals surface area contributed by atoms with Crippen LogP contribution < -0.4 is 5.32 Å². The smallest absolute Gasteiger partial charge is 0.133 e. The van der Waals surface area contributed by atoms with Gasteiger partial charge in [-0.1, -0.05) is 37.3 Å². The van der Waals surface area contributed by atoms with Crippen LogP contribution in [0.5, 0.6) is 0 Å². The van der Waals surface area contributed by atoms with E-state index in [9.17, 15) is 10.4 Å². The molecular formula is C15H22N2O2S. The first kappa shape index (κ1) is 17.0. The number of aliphatic hydroxyl groups is 2. The number of thioether (sulfide) groups is 1. The van der Waals surface area contributed by atoms with Crippen molar-refractivity contribution in [3.05, 3.63) is 35.9 Å². The van der Waals surface area contributed by atoms with Gasteiger partial charge in [-0.25, -0.2) is 0 Å². The number of nitriles is 1. The quantitative estimate of drug-likeness (QED) is 0.602. The van der Waals surface area contributed by atoms with Gasteiger partial charge in [0.2, 0.25) is 0 Å². The third-order valence-corrected chi connectivity index (χ3v) is 4.19. The Hall–Kier alpha value is -1.06. The van der Waals surface area contributed by atoms with Crippen molar-refractivity contribution >= 4 is 11.8 Å². The molecule has 0 aliphatic heterocycles. The minimum Gasteiger partial charge on any atom is -0.394 e. The molecule has 2 atom stereocenters. The van der Waals surface area contributed by atoms with E-state index in [1.165, 1.54) is 0 Å². The zero-order chi connectivity index (χ0) is 14.8. The molecule has 0 aliphatic rings. The van der Waals surface area contributed by atoms with Crippen LogP contribution in [0.15, 0.2) is 30.3 Å². The number of hydrogen-bond acceptors (Lipinski definition) is 5. The fourth-order valence-electron chi connectivity index (χ4n) is 2.02. The van der Waals surface area contributed by atoms with Crippen LogP contribution in [0, 0.1) is 11.3 Å². The Morgan fingerprint density at radius 2 is 2.10 bits per heavy atom. The maximum Gasteiger partial charge on any atom is 0.133 e. The van der Waals surface area contributed by atoms with Crippen molar-refractivity contribution in [2.45, 2.75) is 25.0 Å². The third kappa shape index (κ3) is 4.80. The van der Waals surface area contributed by atoms with Gasteiger partial charge in [-0.05, 0) is 24.3 Å². The van der Waals surface area contributed by atoms with E-state index in [1.54, 1.807) is 11.8 Å². The number of hydrogen-bond donors (Lipinski definition) is 3. The van der Waals surface area contributed by atoms with Gasteiger partial charge in [0, 0.05) is 5.75 Å². The number of nitrogens with one attached hydrogen (secondary N) is 1. The zero-order valence-electron chi connectivity index (χ0n) is 11.7. The molecule has 0 amide bonds. The van der Waals surface area contributed by atoms with Gasteiger partial charge in [0.1, 0.15) is 5.54 Å². The largest absolute Gasteiger partial charge is 0.394 e. The molecule has 2 unspecified atom stereocenters. The molecule has 1 aromatic rings. The molecule has 4 nitrogen and oxygen atoms in total. The summed E-state index contributed by atoms with van der Waals surface area (Å²) in [4.78, 5) is 0. The first-order valence-electron chi connectivity index (χ1n) is 6.77. The first-order chi connectivity index (χ1) is 9.68. The molecule has 5 heteroatoms. The lowest BCUT2D eigenvalue weighted by Crippen LogP contribution is -2.41. The first-order valence-corrected chi connectivity index (χ1v) is 7.92. The summed E-state index contributed by atoms with van der Waals surface area (Å²) >= 11 is 1.55. The molecule has 1 rings (SSSR count). The second-order valence-electron chi connectivity index (χ2n) is 4.57. The molecule has 1 aromatic carbocycles. The molecule has 20 heavy (non-hydrogen) atoms. The summed E-state index contributed by atoms with van der Waals surface area (Å²) in [6.45, 7) is 2.48. The molecule has 110 valence electrons. The van der Waals surface area contributed by atoms with Crippen LogP contribution >= 0.6 is 11.8 Å². The summed E-state index contributed by atoms with van der Waals surface area (Å²) in [6, 6.07) is 12.1. The predicted molar refractivity (Wildman–Crippen MR) is 82.4 cm³/mol. The van der Waals surface area contributed by atoms with E-state index in [0.717, 1.165) is 11.3 Å². The standard InChI is InChI=1S/C15H22N2O2S/c1-2-17-15(12-16,13-6-4-3-5-7-13)8-9-20-11-14(19)10-18/h3-7,14,17-19H,2,8-11H2,1H3. The lowest BCUT2D eigenvalue weighted by atomic mass is 9.88. The second-order valence-corrected chi connectivity index (χ2v) is 5.72. The van der Waals surface area contributed by atoms with E-state index in [-0.39, 0.29) is 6.61 Å².